The minimum Gasteiger partial charge on any atom is -0.395 e. The second-order valence-corrected chi connectivity index (χ2v) is 9.30. The molecule has 1 aliphatic carbocycles. The smallest absolute Gasteiger partial charge is 0.120 e. The van der Waals surface area contributed by atoms with E-state index in [9.17, 15) is 20.4 Å². The van der Waals surface area contributed by atoms with E-state index in [0.29, 0.717) is 29.5 Å². The van der Waals surface area contributed by atoms with Crippen molar-refractivity contribution in [2.24, 2.45) is 11.1 Å². The first-order valence-corrected chi connectivity index (χ1v) is 11.6. The molecule has 4 N–H and O–H groups in total. The summed E-state index contributed by atoms with van der Waals surface area (Å²) in [6, 6.07) is 13.2. The Bertz CT molecular complexity index is 975. The Labute approximate surface area is 198 Å². The molecule has 0 bridgehead atoms. The van der Waals surface area contributed by atoms with Gasteiger partial charge in [-0.1, -0.05) is 53.2 Å². The fourth-order valence-corrected chi connectivity index (χ4v) is 4.13. The fraction of sp³-hybridized carbons (Fsp3) is 0.480. The molecule has 1 saturated carbocycles. The van der Waals surface area contributed by atoms with Gasteiger partial charge in [0.15, 0.2) is 0 Å². The van der Waals surface area contributed by atoms with Crippen LogP contribution in [0.3, 0.4) is 0 Å². The molecule has 2 aromatic carbocycles. The van der Waals surface area contributed by atoms with E-state index < -0.39 is 37.1 Å². The van der Waals surface area contributed by atoms with Gasteiger partial charge in [-0.3, -0.25) is 0 Å². The van der Waals surface area contributed by atoms with Crippen molar-refractivity contribution in [3.05, 3.63) is 69.7 Å². The van der Waals surface area contributed by atoms with E-state index in [-0.39, 0.29) is 0 Å². The topological polar surface area (TPSA) is 112 Å². The molecule has 178 valence electrons. The monoisotopic (exact) mass is 475 g/mol. The van der Waals surface area contributed by atoms with Crippen LogP contribution in [0.1, 0.15) is 48.1 Å². The molecule has 1 heterocycles. The van der Waals surface area contributed by atoms with Crippen molar-refractivity contribution in [3.63, 3.8) is 0 Å². The molecule has 0 spiro atoms. The van der Waals surface area contributed by atoms with Crippen LogP contribution < -0.4 is 0 Å². The predicted molar refractivity (Wildman–Crippen MR) is 124 cm³/mol. The molecule has 7 nitrogen and oxygen atoms in total. The van der Waals surface area contributed by atoms with Gasteiger partial charge in [-0.25, -0.2) is 0 Å². The third-order valence-corrected chi connectivity index (χ3v) is 6.63. The van der Waals surface area contributed by atoms with Crippen LogP contribution in [0.15, 0.2) is 47.6 Å². The largest absolute Gasteiger partial charge is 0.395 e. The molecule has 8 heteroatoms. The van der Waals surface area contributed by atoms with Gasteiger partial charge < -0.3 is 30.0 Å². The van der Waals surface area contributed by atoms with Gasteiger partial charge in [-0.2, -0.15) is 0 Å². The predicted octanol–water partition coefficient (Wildman–Crippen LogP) is 2.60. The van der Waals surface area contributed by atoms with Crippen molar-refractivity contribution in [1.82, 2.24) is 0 Å². The summed E-state index contributed by atoms with van der Waals surface area (Å²) in [5, 5.41) is 44.8. The lowest BCUT2D eigenvalue weighted by atomic mass is 9.90. The summed E-state index contributed by atoms with van der Waals surface area (Å²) in [5.74, 6) is 0.660. The first kappa shape index (κ1) is 24.1. The zero-order valence-electron chi connectivity index (χ0n) is 18.5. The highest BCUT2D eigenvalue weighted by Gasteiger charge is 2.44. The Kier molecular flexibility index (Phi) is 7.69. The van der Waals surface area contributed by atoms with Gasteiger partial charge in [0, 0.05) is 5.02 Å². The molecule has 2 aliphatic rings. The standard InChI is InChI=1S/C25H30ClNO6/c1-14(27-32-13-16-2-3-16)17-6-4-15(5-7-17)10-19-11-18(8-9-20(19)26)25-24(31)23(30)22(29)21(12-28)33-25/h4-9,11,16,21-25,28-31H,2-3,10,12-13H2,1H3/t21-,22-,23+,24-,25+/m1/s1. The van der Waals surface area contributed by atoms with Crippen molar-refractivity contribution >= 4 is 17.3 Å². The average molecular weight is 476 g/mol. The van der Waals surface area contributed by atoms with Crippen molar-refractivity contribution in [2.45, 2.75) is 56.7 Å². The van der Waals surface area contributed by atoms with E-state index in [4.69, 9.17) is 21.2 Å². The van der Waals surface area contributed by atoms with E-state index in [1.807, 2.05) is 37.3 Å². The highest BCUT2D eigenvalue weighted by atomic mass is 35.5. The molecule has 1 aliphatic heterocycles. The number of hydrogen-bond donors (Lipinski definition) is 4. The van der Waals surface area contributed by atoms with Crippen molar-refractivity contribution in [2.75, 3.05) is 13.2 Å². The Hall–Kier alpha value is -2.00. The van der Waals surface area contributed by atoms with Gasteiger partial charge in [0.1, 0.15) is 37.1 Å². The summed E-state index contributed by atoms with van der Waals surface area (Å²) >= 11 is 6.43. The van der Waals surface area contributed by atoms with Crippen LogP contribution in [-0.4, -0.2) is 63.8 Å². The average Bonchev–Trinajstić information content (AvgIpc) is 3.64. The van der Waals surface area contributed by atoms with Crippen LogP contribution in [0.2, 0.25) is 5.02 Å². The second-order valence-electron chi connectivity index (χ2n) is 8.89. The molecule has 1 saturated heterocycles. The minimum absolute atomic E-state index is 0.470. The third kappa shape index (κ3) is 5.74. The van der Waals surface area contributed by atoms with Gasteiger partial charge in [-0.05, 0) is 60.4 Å². The first-order valence-electron chi connectivity index (χ1n) is 11.2. The van der Waals surface area contributed by atoms with Crippen LogP contribution in [0, 0.1) is 5.92 Å². The van der Waals surface area contributed by atoms with E-state index >= 15 is 0 Å². The van der Waals surface area contributed by atoms with Crippen molar-refractivity contribution in [1.29, 1.82) is 0 Å². The van der Waals surface area contributed by atoms with Gasteiger partial charge >= 0.3 is 0 Å². The van der Waals surface area contributed by atoms with E-state index in [2.05, 4.69) is 5.16 Å². The van der Waals surface area contributed by atoms with Crippen molar-refractivity contribution in [3.8, 4) is 0 Å². The maximum atomic E-state index is 10.4. The number of benzene rings is 2. The molecule has 0 amide bonds. The van der Waals surface area contributed by atoms with Gasteiger partial charge in [0.05, 0.1) is 12.3 Å². The summed E-state index contributed by atoms with van der Waals surface area (Å²) in [7, 11) is 0. The van der Waals surface area contributed by atoms with Gasteiger partial charge in [0.2, 0.25) is 0 Å². The highest BCUT2D eigenvalue weighted by Crippen LogP contribution is 2.34. The quantitative estimate of drug-likeness (QED) is 0.345. The maximum Gasteiger partial charge on any atom is 0.120 e. The van der Waals surface area contributed by atoms with E-state index in [0.717, 1.165) is 22.4 Å². The Balaban J connectivity index is 1.46. The fourth-order valence-electron chi connectivity index (χ4n) is 3.94. The molecule has 2 aromatic rings. The van der Waals surface area contributed by atoms with Crippen LogP contribution in [-0.2, 0) is 16.0 Å². The number of aliphatic hydroxyl groups is 4. The normalized spacial score (nSPS) is 28.1. The van der Waals surface area contributed by atoms with Crippen LogP contribution in [0.5, 0.6) is 0 Å². The third-order valence-electron chi connectivity index (χ3n) is 6.27. The molecular formula is C25H30ClNO6. The van der Waals surface area contributed by atoms with Crippen LogP contribution in [0.25, 0.3) is 0 Å². The molecule has 5 atom stereocenters. The lowest BCUT2D eigenvalue weighted by Gasteiger charge is -2.40. The number of rotatable bonds is 8. The maximum absolute atomic E-state index is 10.4. The molecular weight excluding hydrogens is 446 g/mol. The zero-order valence-corrected chi connectivity index (χ0v) is 19.2. The second kappa shape index (κ2) is 10.5. The summed E-state index contributed by atoms with van der Waals surface area (Å²) in [6.45, 7) is 2.13. The van der Waals surface area contributed by atoms with E-state index in [1.165, 1.54) is 12.8 Å². The molecule has 2 fully saturated rings. The highest BCUT2D eigenvalue weighted by molar-refractivity contribution is 6.31. The summed E-state index contributed by atoms with van der Waals surface area (Å²) in [5.41, 5.74) is 4.29. The molecule has 0 radical (unpaired) electrons. The van der Waals surface area contributed by atoms with Gasteiger partial charge in [-0.15, -0.1) is 0 Å². The Morgan fingerprint density at radius 3 is 2.45 bits per heavy atom. The lowest BCUT2D eigenvalue weighted by molar-refractivity contribution is -0.231. The van der Waals surface area contributed by atoms with Crippen LogP contribution >= 0.6 is 11.6 Å². The summed E-state index contributed by atoms with van der Waals surface area (Å²) in [6.07, 6.45) is -3.00. The SMILES string of the molecule is CC(=NOCC1CC1)c1ccc(Cc2cc([C@@H]3O[C@H](CO)[C@@H](O)[C@H](O)[C@H]3O)ccc2Cl)cc1. The number of oxime groups is 1. The van der Waals surface area contributed by atoms with Crippen molar-refractivity contribution < 1.29 is 30.0 Å². The lowest BCUT2D eigenvalue weighted by Crippen LogP contribution is -2.55. The molecule has 4 rings (SSSR count). The number of nitrogens with zero attached hydrogens (tertiary/aromatic N) is 1. The first-order chi connectivity index (χ1) is 15.9. The molecule has 0 aromatic heterocycles. The Morgan fingerprint density at radius 2 is 1.79 bits per heavy atom. The van der Waals surface area contributed by atoms with Crippen LogP contribution in [0.4, 0.5) is 0 Å². The van der Waals surface area contributed by atoms with Gasteiger partial charge in [0.25, 0.3) is 0 Å². The molecule has 0 unspecified atom stereocenters. The zero-order chi connectivity index (χ0) is 23.5. The molecule has 33 heavy (non-hydrogen) atoms. The number of halogens is 1. The minimum atomic E-state index is -1.43. The number of aliphatic hydroxyl groups excluding tert-OH is 4. The number of hydrogen-bond acceptors (Lipinski definition) is 7. The summed E-state index contributed by atoms with van der Waals surface area (Å²) in [4.78, 5) is 5.41. The summed E-state index contributed by atoms with van der Waals surface area (Å²) < 4.78 is 5.68. The Morgan fingerprint density at radius 1 is 1.06 bits per heavy atom. The van der Waals surface area contributed by atoms with E-state index in [1.54, 1.807) is 12.1 Å². The number of ether oxygens (including phenoxy) is 1.